The molecule has 0 radical (unpaired) electrons. The predicted molar refractivity (Wildman–Crippen MR) is 118 cm³/mol. The molecule has 0 fully saturated rings. The van der Waals surface area contributed by atoms with Crippen molar-refractivity contribution in [1.29, 1.82) is 0 Å². The van der Waals surface area contributed by atoms with Crippen LogP contribution < -0.4 is 10.2 Å². The minimum atomic E-state index is -0.471. The zero-order chi connectivity index (χ0) is 20.4. The van der Waals surface area contributed by atoms with Gasteiger partial charge in [0.1, 0.15) is 10.6 Å². The van der Waals surface area contributed by atoms with Gasteiger partial charge in [-0.1, -0.05) is 71.4 Å². The number of benzene rings is 3. The van der Waals surface area contributed by atoms with Crippen molar-refractivity contribution in [3.05, 3.63) is 99.5 Å². The van der Waals surface area contributed by atoms with Gasteiger partial charge in [-0.3, -0.25) is 9.59 Å². The quantitative estimate of drug-likeness (QED) is 0.495. The molecule has 2 amide bonds. The van der Waals surface area contributed by atoms with Crippen molar-refractivity contribution < 1.29 is 9.59 Å². The Morgan fingerprint density at radius 2 is 1.52 bits per heavy atom. The number of halogens is 2. The van der Waals surface area contributed by atoms with Crippen molar-refractivity contribution in [2.45, 2.75) is 4.90 Å². The van der Waals surface area contributed by atoms with E-state index in [-0.39, 0.29) is 5.70 Å². The van der Waals surface area contributed by atoms with Crippen molar-refractivity contribution in [2.75, 3.05) is 10.2 Å². The van der Waals surface area contributed by atoms with Crippen molar-refractivity contribution >= 4 is 58.2 Å². The van der Waals surface area contributed by atoms with Crippen LogP contribution in [-0.2, 0) is 9.59 Å². The molecule has 0 bridgehead atoms. The van der Waals surface area contributed by atoms with Gasteiger partial charge in [0.15, 0.2) is 0 Å². The first-order valence-corrected chi connectivity index (χ1v) is 10.2. The topological polar surface area (TPSA) is 49.4 Å². The van der Waals surface area contributed by atoms with Crippen LogP contribution in [0.1, 0.15) is 0 Å². The third kappa shape index (κ3) is 4.03. The van der Waals surface area contributed by atoms with Gasteiger partial charge in [0, 0.05) is 15.6 Å². The van der Waals surface area contributed by atoms with E-state index in [1.54, 1.807) is 48.5 Å². The number of carbonyl (C=O) groups excluding carboxylic acids is 2. The molecule has 0 saturated carbocycles. The van der Waals surface area contributed by atoms with Gasteiger partial charge < -0.3 is 5.32 Å². The average Bonchev–Trinajstić information content (AvgIpc) is 2.93. The van der Waals surface area contributed by atoms with Crippen LogP contribution >= 0.6 is 35.0 Å². The molecule has 144 valence electrons. The third-order valence-corrected chi connectivity index (χ3v) is 5.84. The molecule has 29 heavy (non-hydrogen) atoms. The van der Waals surface area contributed by atoms with E-state index in [9.17, 15) is 9.59 Å². The lowest BCUT2D eigenvalue weighted by atomic mass is 10.3. The molecular formula is C22H14Cl2N2O2S. The van der Waals surface area contributed by atoms with Crippen molar-refractivity contribution in [3.63, 3.8) is 0 Å². The van der Waals surface area contributed by atoms with E-state index in [1.165, 1.54) is 11.8 Å². The maximum atomic E-state index is 13.2. The Hall–Kier alpha value is -2.73. The van der Waals surface area contributed by atoms with E-state index < -0.39 is 11.8 Å². The molecule has 7 heteroatoms. The molecule has 0 aliphatic carbocycles. The number of anilines is 2. The Labute approximate surface area is 182 Å². The monoisotopic (exact) mass is 440 g/mol. The number of hydrogen-bond donors (Lipinski definition) is 1. The molecule has 1 aliphatic rings. The molecule has 1 heterocycles. The minimum absolute atomic E-state index is 0.186. The summed E-state index contributed by atoms with van der Waals surface area (Å²) in [6.07, 6.45) is 0. The van der Waals surface area contributed by atoms with Crippen molar-refractivity contribution in [1.82, 2.24) is 0 Å². The lowest BCUT2D eigenvalue weighted by molar-refractivity contribution is -0.120. The second kappa shape index (κ2) is 8.33. The summed E-state index contributed by atoms with van der Waals surface area (Å²) >= 11 is 13.6. The molecule has 0 aromatic heterocycles. The maximum absolute atomic E-state index is 13.2. The summed E-state index contributed by atoms with van der Waals surface area (Å²) < 4.78 is 0. The summed E-state index contributed by atoms with van der Waals surface area (Å²) in [7, 11) is 0. The van der Waals surface area contributed by atoms with Crippen LogP contribution in [0.4, 0.5) is 11.4 Å². The highest BCUT2D eigenvalue weighted by atomic mass is 35.5. The van der Waals surface area contributed by atoms with E-state index in [0.29, 0.717) is 26.3 Å². The predicted octanol–water partition coefficient (Wildman–Crippen LogP) is 5.98. The van der Waals surface area contributed by atoms with Gasteiger partial charge in [0.25, 0.3) is 11.8 Å². The zero-order valence-electron chi connectivity index (χ0n) is 14.9. The maximum Gasteiger partial charge on any atom is 0.283 e. The van der Waals surface area contributed by atoms with E-state index in [4.69, 9.17) is 23.2 Å². The number of nitrogens with zero attached hydrogens (tertiary/aromatic N) is 1. The molecule has 1 N–H and O–H groups in total. The lowest BCUT2D eigenvalue weighted by Gasteiger charge is -2.16. The Morgan fingerprint density at radius 3 is 2.24 bits per heavy atom. The zero-order valence-corrected chi connectivity index (χ0v) is 17.3. The van der Waals surface area contributed by atoms with E-state index in [0.717, 1.165) is 9.80 Å². The van der Waals surface area contributed by atoms with Crippen molar-refractivity contribution in [3.8, 4) is 0 Å². The largest absolute Gasteiger partial charge is 0.350 e. The molecular weight excluding hydrogens is 427 g/mol. The average molecular weight is 441 g/mol. The second-order valence-corrected chi connectivity index (χ2v) is 8.08. The molecule has 0 unspecified atom stereocenters. The number of carbonyl (C=O) groups is 2. The third-order valence-electron chi connectivity index (χ3n) is 4.19. The number of nitrogens with one attached hydrogen (secondary N) is 1. The van der Waals surface area contributed by atoms with Gasteiger partial charge in [-0.15, -0.1) is 0 Å². The first-order valence-electron chi connectivity index (χ1n) is 8.67. The van der Waals surface area contributed by atoms with Gasteiger partial charge >= 0.3 is 0 Å². The summed E-state index contributed by atoms with van der Waals surface area (Å²) in [5, 5.41) is 3.91. The molecule has 0 spiro atoms. The molecule has 3 aromatic carbocycles. The summed E-state index contributed by atoms with van der Waals surface area (Å²) in [6, 6.07) is 23.1. The highest BCUT2D eigenvalue weighted by Gasteiger charge is 2.41. The van der Waals surface area contributed by atoms with Gasteiger partial charge in [0.2, 0.25) is 0 Å². The Morgan fingerprint density at radius 1 is 0.793 bits per heavy atom. The Balaban J connectivity index is 1.77. The number of hydrogen-bond acceptors (Lipinski definition) is 4. The smallest absolute Gasteiger partial charge is 0.283 e. The van der Waals surface area contributed by atoms with Crippen LogP contribution in [0.25, 0.3) is 0 Å². The van der Waals surface area contributed by atoms with Crippen LogP contribution in [0.15, 0.2) is 94.4 Å². The van der Waals surface area contributed by atoms with E-state index in [1.807, 2.05) is 30.3 Å². The highest BCUT2D eigenvalue weighted by Crippen LogP contribution is 2.39. The van der Waals surface area contributed by atoms with Gasteiger partial charge in [-0.25, -0.2) is 4.90 Å². The van der Waals surface area contributed by atoms with Gasteiger partial charge in [-0.2, -0.15) is 0 Å². The summed E-state index contributed by atoms with van der Waals surface area (Å²) in [5.74, 6) is -0.900. The summed E-state index contributed by atoms with van der Waals surface area (Å²) in [4.78, 5) is 28.7. The normalized spacial score (nSPS) is 13.9. The summed E-state index contributed by atoms with van der Waals surface area (Å²) in [6.45, 7) is 0. The van der Waals surface area contributed by atoms with Crippen LogP contribution in [0.5, 0.6) is 0 Å². The minimum Gasteiger partial charge on any atom is -0.350 e. The number of thioether (sulfide) groups is 1. The van der Waals surface area contributed by atoms with Crippen LogP contribution in [0.2, 0.25) is 10.0 Å². The fourth-order valence-corrected chi connectivity index (χ4v) is 4.24. The van der Waals surface area contributed by atoms with Gasteiger partial charge in [-0.05, 0) is 42.5 Å². The van der Waals surface area contributed by atoms with Crippen molar-refractivity contribution in [2.24, 2.45) is 0 Å². The fraction of sp³-hybridized carbons (Fsp3) is 0. The van der Waals surface area contributed by atoms with E-state index in [2.05, 4.69) is 5.32 Å². The molecule has 1 aliphatic heterocycles. The lowest BCUT2D eigenvalue weighted by Crippen LogP contribution is -2.32. The van der Waals surface area contributed by atoms with Crippen LogP contribution in [0.3, 0.4) is 0 Å². The highest BCUT2D eigenvalue weighted by molar-refractivity contribution is 8.04. The molecule has 4 nitrogen and oxygen atoms in total. The molecule has 0 atom stereocenters. The fourth-order valence-electron chi connectivity index (χ4n) is 2.88. The standard InChI is InChI=1S/C22H14Cl2N2O2S/c23-14-7-6-8-15(13-14)25-19-20(29-16-9-2-1-3-10-16)22(28)26(21(19)27)18-12-5-4-11-17(18)24/h1-13,25H. The Kier molecular flexibility index (Phi) is 5.62. The molecule has 4 rings (SSSR count). The number of amides is 2. The molecule has 0 saturated heterocycles. The SMILES string of the molecule is O=C1C(Nc2cccc(Cl)c2)=C(Sc2ccccc2)C(=O)N1c1ccccc1Cl. The number of para-hydroxylation sites is 1. The first-order chi connectivity index (χ1) is 14.0. The number of rotatable bonds is 5. The van der Waals surface area contributed by atoms with Crippen LogP contribution in [-0.4, -0.2) is 11.8 Å². The molecule has 3 aromatic rings. The van der Waals surface area contributed by atoms with Gasteiger partial charge in [0.05, 0.1) is 10.7 Å². The second-order valence-electron chi connectivity index (χ2n) is 6.15. The first kappa shape index (κ1) is 19.6. The van der Waals surface area contributed by atoms with Crippen LogP contribution in [0, 0.1) is 0 Å². The summed E-state index contributed by atoms with van der Waals surface area (Å²) in [5.41, 5.74) is 1.14. The number of imide groups is 1. The van der Waals surface area contributed by atoms with E-state index >= 15 is 0 Å². The Bertz CT molecular complexity index is 1130.